The molecule has 0 amide bonds. The van der Waals surface area contributed by atoms with Crippen LogP contribution in [0, 0.1) is 6.92 Å². The van der Waals surface area contributed by atoms with Gasteiger partial charge in [-0.05, 0) is 36.8 Å². The largest absolute Gasteiger partial charge is 0.464 e. The number of hydrogen-bond donors (Lipinski definition) is 1. The Bertz CT molecular complexity index is 536. The number of furan rings is 1. The lowest BCUT2D eigenvalue weighted by atomic mass is 10.2. The smallest absolute Gasteiger partial charge is 0.123 e. The molecule has 0 atom stereocenters. The van der Waals surface area contributed by atoms with Crippen molar-refractivity contribution in [1.82, 2.24) is 0 Å². The molecule has 4 heteroatoms. The molecule has 1 aromatic carbocycles. The van der Waals surface area contributed by atoms with E-state index in [2.05, 4.69) is 0 Å². The van der Waals surface area contributed by atoms with Crippen molar-refractivity contribution in [1.29, 1.82) is 0 Å². The number of hydrogen-bond acceptors (Lipinski definition) is 3. The molecule has 3 nitrogen and oxygen atoms in total. The SMILES string of the molecule is Cc1ccc(CN(C)c2ccc(CO)c(Cl)c2)o1. The number of aliphatic hydroxyl groups is 1. The van der Waals surface area contributed by atoms with Crippen LogP contribution in [-0.2, 0) is 13.2 Å². The summed E-state index contributed by atoms with van der Waals surface area (Å²) in [4.78, 5) is 2.05. The Hall–Kier alpha value is -1.45. The molecule has 1 aromatic heterocycles. The molecule has 1 N–H and O–H groups in total. The first-order valence-electron chi connectivity index (χ1n) is 5.76. The first kappa shape index (κ1) is 13.0. The lowest BCUT2D eigenvalue weighted by molar-refractivity contribution is 0.282. The average molecular weight is 266 g/mol. The summed E-state index contributed by atoms with van der Waals surface area (Å²) in [5, 5.41) is 9.65. The molecule has 0 spiro atoms. The number of rotatable bonds is 4. The summed E-state index contributed by atoms with van der Waals surface area (Å²) in [6, 6.07) is 9.54. The molecule has 0 unspecified atom stereocenters. The van der Waals surface area contributed by atoms with Gasteiger partial charge in [0.05, 0.1) is 13.2 Å². The Balaban J connectivity index is 2.13. The maximum atomic E-state index is 9.07. The summed E-state index contributed by atoms with van der Waals surface area (Å²) in [5.41, 5.74) is 1.73. The second-order valence-electron chi connectivity index (χ2n) is 4.30. The first-order chi connectivity index (χ1) is 8.60. The zero-order valence-corrected chi connectivity index (χ0v) is 11.2. The lowest BCUT2D eigenvalue weighted by Gasteiger charge is -2.18. The van der Waals surface area contributed by atoms with E-state index in [-0.39, 0.29) is 6.61 Å². The highest BCUT2D eigenvalue weighted by atomic mass is 35.5. The molecule has 2 aromatic rings. The number of benzene rings is 1. The zero-order chi connectivity index (χ0) is 13.1. The highest BCUT2D eigenvalue weighted by Crippen LogP contribution is 2.24. The predicted octanol–water partition coefficient (Wildman–Crippen LogP) is 3.37. The second kappa shape index (κ2) is 5.46. The molecule has 0 radical (unpaired) electrons. The monoisotopic (exact) mass is 265 g/mol. The number of anilines is 1. The van der Waals surface area contributed by atoms with E-state index in [4.69, 9.17) is 21.1 Å². The fourth-order valence-electron chi connectivity index (χ4n) is 1.80. The summed E-state index contributed by atoms with van der Waals surface area (Å²) >= 11 is 6.07. The van der Waals surface area contributed by atoms with Crippen molar-refractivity contribution in [3.05, 3.63) is 52.4 Å². The van der Waals surface area contributed by atoms with Gasteiger partial charge in [-0.1, -0.05) is 17.7 Å². The summed E-state index contributed by atoms with van der Waals surface area (Å²) in [5.74, 6) is 1.82. The van der Waals surface area contributed by atoms with Gasteiger partial charge in [-0.15, -0.1) is 0 Å². The van der Waals surface area contributed by atoms with E-state index in [0.717, 1.165) is 22.8 Å². The molecule has 2 rings (SSSR count). The molecule has 1 heterocycles. The molecule has 96 valence electrons. The van der Waals surface area contributed by atoms with Crippen LogP contribution in [0.1, 0.15) is 17.1 Å². The van der Waals surface area contributed by atoms with E-state index in [0.29, 0.717) is 11.6 Å². The third-order valence-corrected chi connectivity index (χ3v) is 3.19. The van der Waals surface area contributed by atoms with Gasteiger partial charge in [-0.3, -0.25) is 0 Å². The fourth-order valence-corrected chi connectivity index (χ4v) is 2.03. The molecule has 0 aliphatic heterocycles. The van der Waals surface area contributed by atoms with Gasteiger partial charge in [0.2, 0.25) is 0 Å². The number of nitrogens with zero attached hydrogens (tertiary/aromatic N) is 1. The second-order valence-corrected chi connectivity index (χ2v) is 4.71. The summed E-state index contributed by atoms with van der Waals surface area (Å²) in [6.07, 6.45) is 0. The van der Waals surface area contributed by atoms with Crippen LogP contribution in [0.15, 0.2) is 34.7 Å². The first-order valence-corrected chi connectivity index (χ1v) is 6.13. The maximum absolute atomic E-state index is 9.07. The van der Waals surface area contributed by atoms with Crippen LogP contribution in [0.3, 0.4) is 0 Å². The van der Waals surface area contributed by atoms with Crippen molar-refractivity contribution in [3.8, 4) is 0 Å². The Kier molecular flexibility index (Phi) is 3.94. The van der Waals surface area contributed by atoms with Crippen LogP contribution < -0.4 is 4.90 Å². The number of halogens is 1. The minimum atomic E-state index is -0.0415. The van der Waals surface area contributed by atoms with Crippen molar-refractivity contribution < 1.29 is 9.52 Å². The van der Waals surface area contributed by atoms with Crippen molar-refractivity contribution in [2.75, 3.05) is 11.9 Å². The minimum Gasteiger partial charge on any atom is -0.464 e. The quantitative estimate of drug-likeness (QED) is 0.921. The molecule has 0 aliphatic carbocycles. The van der Waals surface area contributed by atoms with E-state index >= 15 is 0 Å². The van der Waals surface area contributed by atoms with E-state index in [1.54, 1.807) is 0 Å². The van der Waals surface area contributed by atoms with Crippen LogP contribution in [-0.4, -0.2) is 12.2 Å². The van der Waals surface area contributed by atoms with Crippen LogP contribution in [0.25, 0.3) is 0 Å². The fraction of sp³-hybridized carbons (Fsp3) is 0.286. The van der Waals surface area contributed by atoms with Crippen molar-refractivity contribution in [2.45, 2.75) is 20.1 Å². The van der Waals surface area contributed by atoms with E-state index in [1.165, 1.54) is 0 Å². The highest BCUT2D eigenvalue weighted by Gasteiger charge is 2.07. The van der Waals surface area contributed by atoms with Crippen molar-refractivity contribution in [3.63, 3.8) is 0 Å². The van der Waals surface area contributed by atoms with Gasteiger partial charge in [-0.25, -0.2) is 0 Å². The van der Waals surface area contributed by atoms with Gasteiger partial charge < -0.3 is 14.4 Å². The van der Waals surface area contributed by atoms with E-state index < -0.39 is 0 Å². The maximum Gasteiger partial charge on any atom is 0.123 e. The highest BCUT2D eigenvalue weighted by molar-refractivity contribution is 6.31. The Labute approximate surface area is 112 Å². The van der Waals surface area contributed by atoms with Crippen molar-refractivity contribution in [2.24, 2.45) is 0 Å². The minimum absolute atomic E-state index is 0.0415. The van der Waals surface area contributed by atoms with Crippen LogP contribution >= 0.6 is 11.6 Å². The molecule has 18 heavy (non-hydrogen) atoms. The number of aryl methyl sites for hydroxylation is 1. The van der Waals surface area contributed by atoms with Gasteiger partial charge in [0.1, 0.15) is 11.5 Å². The number of aliphatic hydroxyl groups excluding tert-OH is 1. The molecular weight excluding hydrogens is 250 g/mol. The van der Waals surface area contributed by atoms with Gasteiger partial charge in [0.25, 0.3) is 0 Å². The Morgan fingerprint density at radius 2 is 2.06 bits per heavy atom. The Morgan fingerprint density at radius 1 is 1.28 bits per heavy atom. The summed E-state index contributed by atoms with van der Waals surface area (Å²) in [7, 11) is 1.97. The zero-order valence-electron chi connectivity index (χ0n) is 10.5. The van der Waals surface area contributed by atoms with Crippen LogP contribution in [0.5, 0.6) is 0 Å². The molecule has 0 bridgehead atoms. The standard InChI is InChI=1S/C14H16ClNO2/c1-10-3-6-13(18-10)8-16(2)12-5-4-11(9-17)14(15)7-12/h3-7,17H,8-9H2,1-2H3. The van der Waals surface area contributed by atoms with Gasteiger partial charge in [0.15, 0.2) is 0 Å². The molecule has 0 fully saturated rings. The van der Waals surface area contributed by atoms with Gasteiger partial charge in [0, 0.05) is 17.8 Å². The van der Waals surface area contributed by atoms with E-state index in [1.807, 2.05) is 49.2 Å². The third kappa shape index (κ3) is 2.86. The molecule has 0 saturated carbocycles. The molecule has 0 saturated heterocycles. The molecule has 0 aliphatic rings. The summed E-state index contributed by atoms with van der Waals surface area (Å²) < 4.78 is 5.54. The van der Waals surface area contributed by atoms with E-state index in [9.17, 15) is 0 Å². The Morgan fingerprint density at radius 3 is 2.61 bits per heavy atom. The predicted molar refractivity (Wildman–Crippen MR) is 72.9 cm³/mol. The lowest BCUT2D eigenvalue weighted by Crippen LogP contribution is -2.15. The normalized spacial score (nSPS) is 10.7. The van der Waals surface area contributed by atoms with Crippen LogP contribution in [0.4, 0.5) is 5.69 Å². The van der Waals surface area contributed by atoms with Gasteiger partial charge >= 0.3 is 0 Å². The average Bonchev–Trinajstić information content (AvgIpc) is 2.74. The topological polar surface area (TPSA) is 36.6 Å². The van der Waals surface area contributed by atoms with Crippen molar-refractivity contribution >= 4 is 17.3 Å². The van der Waals surface area contributed by atoms with Crippen LogP contribution in [0.2, 0.25) is 5.02 Å². The third-order valence-electron chi connectivity index (χ3n) is 2.84. The summed E-state index contributed by atoms with van der Waals surface area (Å²) in [6.45, 7) is 2.57. The molecular formula is C14H16ClNO2. The van der Waals surface area contributed by atoms with Gasteiger partial charge in [-0.2, -0.15) is 0 Å².